The summed E-state index contributed by atoms with van der Waals surface area (Å²) in [7, 11) is 4.06. The summed E-state index contributed by atoms with van der Waals surface area (Å²) in [6.07, 6.45) is 6.90. The number of aryl methyl sites for hydroxylation is 2. The molecule has 0 spiro atoms. The molecule has 0 radical (unpaired) electrons. The molecule has 1 unspecified atom stereocenters. The smallest absolute Gasteiger partial charge is 0.303 e. The summed E-state index contributed by atoms with van der Waals surface area (Å²) in [6.45, 7) is 5.67. The van der Waals surface area contributed by atoms with Crippen molar-refractivity contribution in [1.82, 2.24) is 9.88 Å². The number of nitrogens with zero attached hydrogens (tertiary/aromatic N) is 2. The van der Waals surface area contributed by atoms with Crippen LogP contribution in [0.1, 0.15) is 24.0 Å². The molecule has 1 aromatic heterocycles. The normalized spacial score (nSPS) is 18.3. The first-order chi connectivity index (χ1) is 16.8. The van der Waals surface area contributed by atoms with E-state index in [1.807, 2.05) is 32.3 Å². The van der Waals surface area contributed by atoms with E-state index in [0.29, 0.717) is 12.5 Å². The molecule has 6 nitrogen and oxygen atoms in total. The maximum absolute atomic E-state index is 11.1. The Balaban J connectivity index is 1.45. The van der Waals surface area contributed by atoms with Gasteiger partial charge >= 0.3 is 5.97 Å². The van der Waals surface area contributed by atoms with Gasteiger partial charge in [0.1, 0.15) is 12.4 Å². The molecule has 1 aliphatic heterocycles. The van der Waals surface area contributed by atoms with E-state index in [1.165, 1.54) is 0 Å². The van der Waals surface area contributed by atoms with E-state index in [2.05, 4.69) is 43.0 Å². The van der Waals surface area contributed by atoms with Crippen LogP contribution in [-0.4, -0.2) is 54.0 Å². The van der Waals surface area contributed by atoms with Gasteiger partial charge in [-0.3, -0.25) is 4.79 Å². The van der Waals surface area contributed by atoms with Gasteiger partial charge in [-0.25, -0.2) is 4.98 Å². The molecule has 0 saturated carbocycles. The number of fused-ring (bicyclic) bond motifs is 1. The summed E-state index contributed by atoms with van der Waals surface area (Å²) in [4.78, 5) is 19.1. The van der Waals surface area contributed by atoms with Crippen molar-refractivity contribution in [2.45, 2.75) is 26.7 Å². The van der Waals surface area contributed by atoms with Crippen molar-refractivity contribution >= 4 is 17.7 Å². The van der Waals surface area contributed by atoms with Crippen LogP contribution >= 0.6 is 11.8 Å². The summed E-state index contributed by atoms with van der Waals surface area (Å²) in [6, 6.07) is 9.93. The number of benzene rings is 1. The SMILES string of the molecule is Cc1cc(OCCN(C)C)cc(C)c1-c1cccc(OC=C2C=C3SCC(CC(=O)O)C3=CC2)n1. The van der Waals surface area contributed by atoms with Gasteiger partial charge in [-0.15, -0.1) is 11.8 Å². The second-order valence-electron chi connectivity index (χ2n) is 9.23. The Hall–Kier alpha value is -3.03. The third-order valence-electron chi connectivity index (χ3n) is 6.08. The number of aliphatic carboxylic acids is 1. The monoisotopic (exact) mass is 492 g/mol. The van der Waals surface area contributed by atoms with Gasteiger partial charge in [0.05, 0.1) is 18.4 Å². The number of likely N-dealkylation sites (N-methyl/N-ethyl adjacent to an activating group) is 1. The summed E-state index contributed by atoms with van der Waals surface area (Å²) in [5.41, 5.74) is 6.37. The Morgan fingerprint density at radius 3 is 2.74 bits per heavy atom. The van der Waals surface area contributed by atoms with Crippen LogP contribution in [0.4, 0.5) is 0 Å². The topological polar surface area (TPSA) is 71.9 Å². The average molecular weight is 493 g/mol. The fourth-order valence-electron chi connectivity index (χ4n) is 4.39. The van der Waals surface area contributed by atoms with Gasteiger partial charge in [0.15, 0.2) is 0 Å². The Kier molecular flexibility index (Phi) is 7.98. The number of aromatic nitrogens is 1. The summed E-state index contributed by atoms with van der Waals surface area (Å²) in [5.74, 6) is 1.58. The molecule has 2 heterocycles. The van der Waals surface area contributed by atoms with Gasteiger partial charge in [0.2, 0.25) is 5.88 Å². The van der Waals surface area contributed by atoms with E-state index in [-0.39, 0.29) is 12.3 Å². The molecule has 184 valence electrons. The molecular weight excluding hydrogens is 460 g/mol. The van der Waals surface area contributed by atoms with Crippen LogP contribution in [0.3, 0.4) is 0 Å². The number of rotatable bonds is 9. The van der Waals surface area contributed by atoms with Crippen LogP contribution in [0.2, 0.25) is 0 Å². The van der Waals surface area contributed by atoms with Gasteiger partial charge in [0.25, 0.3) is 0 Å². The van der Waals surface area contributed by atoms with Gasteiger partial charge < -0.3 is 19.5 Å². The lowest BCUT2D eigenvalue weighted by atomic mass is 9.92. The quantitative estimate of drug-likeness (QED) is 0.456. The number of ether oxygens (including phenoxy) is 2. The molecule has 1 aliphatic carbocycles. The Labute approximate surface area is 211 Å². The summed E-state index contributed by atoms with van der Waals surface area (Å²) in [5, 5.41) is 9.13. The van der Waals surface area contributed by atoms with E-state index >= 15 is 0 Å². The molecule has 0 amide bonds. The fraction of sp³-hybridized carbons (Fsp3) is 0.357. The second-order valence-corrected chi connectivity index (χ2v) is 10.3. The average Bonchev–Trinajstić information content (AvgIpc) is 3.18. The zero-order chi connectivity index (χ0) is 24.9. The van der Waals surface area contributed by atoms with Crippen LogP contribution in [-0.2, 0) is 4.79 Å². The predicted octanol–water partition coefficient (Wildman–Crippen LogP) is 5.62. The maximum atomic E-state index is 11.1. The van der Waals surface area contributed by atoms with E-state index in [9.17, 15) is 4.79 Å². The molecule has 35 heavy (non-hydrogen) atoms. The number of hydrogen-bond acceptors (Lipinski definition) is 6. The number of carboxylic acids is 1. The highest BCUT2D eigenvalue weighted by atomic mass is 32.2. The molecule has 1 saturated heterocycles. The third-order valence-corrected chi connectivity index (χ3v) is 7.32. The highest BCUT2D eigenvalue weighted by Crippen LogP contribution is 2.45. The molecule has 7 heteroatoms. The number of pyridine rings is 1. The van der Waals surface area contributed by atoms with Crippen LogP contribution in [0.15, 0.2) is 64.8 Å². The minimum Gasteiger partial charge on any atom is -0.492 e. The Morgan fingerprint density at radius 2 is 2.03 bits per heavy atom. The predicted molar refractivity (Wildman–Crippen MR) is 141 cm³/mol. The first kappa shape index (κ1) is 25.1. The van der Waals surface area contributed by atoms with Gasteiger partial charge in [0, 0.05) is 34.8 Å². The van der Waals surface area contributed by atoms with Crippen molar-refractivity contribution in [2.75, 3.05) is 33.0 Å². The van der Waals surface area contributed by atoms with Crippen LogP contribution < -0.4 is 9.47 Å². The lowest BCUT2D eigenvalue weighted by Gasteiger charge is -2.15. The van der Waals surface area contributed by atoms with Crippen molar-refractivity contribution in [2.24, 2.45) is 5.92 Å². The highest BCUT2D eigenvalue weighted by Gasteiger charge is 2.29. The van der Waals surface area contributed by atoms with Gasteiger partial charge in [-0.05, 0) is 80.9 Å². The Bertz CT molecular complexity index is 1180. The number of carbonyl (C=O) groups is 1. The van der Waals surface area contributed by atoms with Crippen molar-refractivity contribution in [1.29, 1.82) is 0 Å². The first-order valence-electron chi connectivity index (χ1n) is 11.8. The van der Waals surface area contributed by atoms with Crippen LogP contribution in [0.25, 0.3) is 11.3 Å². The molecule has 1 aromatic carbocycles. The van der Waals surface area contributed by atoms with Gasteiger partial charge in [-0.1, -0.05) is 12.1 Å². The molecule has 0 bridgehead atoms. The second kappa shape index (κ2) is 11.1. The minimum absolute atomic E-state index is 0.0980. The van der Waals surface area contributed by atoms with E-state index in [1.54, 1.807) is 18.0 Å². The molecule has 2 aliphatic rings. The minimum atomic E-state index is -0.745. The van der Waals surface area contributed by atoms with E-state index in [0.717, 1.165) is 62.9 Å². The number of thioether (sulfide) groups is 1. The number of allylic oxidation sites excluding steroid dienone is 4. The van der Waals surface area contributed by atoms with E-state index < -0.39 is 5.97 Å². The largest absolute Gasteiger partial charge is 0.492 e. The molecule has 2 aromatic rings. The first-order valence-corrected chi connectivity index (χ1v) is 12.8. The lowest BCUT2D eigenvalue weighted by molar-refractivity contribution is -0.137. The zero-order valence-corrected chi connectivity index (χ0v) is 21.5. The molecule has 1 N–H and O–H groups in total. The Morgan fingerprint density at radius 1 is 1.26 bits per heavy atom. The van der Waals surface area contributed by atoms with Gasteiger partial charge in [-0.2, -0.15) is 0 Å². The highest BCUT2D eigenvalue weighted by molar-refractivity contribution is 8.03. The number of carboxylic acid groups (broad SMARTS) is 1. The summed E-state index contributed by atoms with van der Waals surface area (Å²) >= 11 is 1.72. The molecule has 1 fully saturated rings. The lowest BCUT2D eigenvalue weighted by Crippen LogP contribution is -2.19. The van der Waals surface area contributed by atoms with E-state index in [4.69, 9.17) is 19.6 Å². The third kappa shape index (κ3) is 6.35. The number of hydrogen-bond donors (Lipinski definition) is 1. The molecule has 4 rings (SSSR count). The fourth-order valence-corrected chi connectivity index (χ4v) is 5.72. The zero-order valence-electron chi connectivity index (χ0n) is 20.7. The summed E-state index contributed by atoms with van der Waals surface area (Å²) < 4.78 is 11.9. The van der Waals surface area contributed by atoms with Crippen molar-refractivity contribution < 1.29 is 19.4 Å². The standard InChI is InChI=1S/C28H32N2O4S/c1-18-12-22(33-11-10-30(3)4)13-19(2)28(18)24-6-5-7-26(29-24)34-16-20-8-9-23-21(15-27(31)32)17-35-25(23)14-20/h5-7,9,12-14,16,21H,8,10-11,15,17H2,1-4H3,(H,31,32). The van der Waals surface area contributed by atoms with Crippen LogP contribution in [0.5, 0.6) is 11.6 Å². The van der Waals surface area contributed by atoms with Crippen molar-refractivity contribution in [3.05, 3.63) is 75.9 Å². The molecular formula is C28H32N2O4S. The maximum Gasteiger partial charge on any atom is 0.303 e. The molecule has 1 atom stereocenters. The van der Waals surface area contributed by atoms with Crippen LogP contribution in [0, 0.1) is 19.8 Å². The van der Waals surface area contributed by atoms with Crippen molar-refractivity contribution in [3.63, 3.8) is 0 Å². The van der Waals surface area contributed by atoms with Crippen molar-refractivity contribution in [3.8, 4) is 22.9 Å².